The molecule has 1 fully saturated rings. The maximum atomic E-state index is 14.8. The molecule has 24 N–H and O–H groups in total. The number of para-hydroxylation sites is 2. The Labute approximate surface area is 659 Å². The minimum atomic E-state index is -2.43. The van der Waals surface area contributed by atoms with Gasteiger partial charge in [0.1, 0.15) is 72.6 Å². The number of carbonyl (C=O) groups is 20. The van der Waals surface area contributed by atoms with Gasteiger partial charge in [-0.25, -0.2) is 4.79 Å². The Hall–Kier alpha value is -12.7. The van der Waals surface area contributed by atoms with Gasteiger partial charge in [0, 0.05) is 47.6 Å². The molecule has 14 amide bonds. The molecule has 2 heterocycles. The van der Waals surface area contributed by atoms with Gasteiger partial charge in [0.05, 0.1) is 45.2 Å². The molecule has 42 heteroatoms. The van der Waals surface area contributed by atoms with Crippen LogP contribution in [0.4, 0.5) is 5.69 Å². The molecule has 0 aliphatic carbocycles. The summed E-state index contributed by atoms with van der Waals surface area (Å²) < 4.78 is 5.70. The lowest BCUT2D eigenvalue weighted by atomic mass is 9.96. The van der Waals surface area contributed by atoms with Crippen molar-refractivity contribution in [1.82, 2.24) is 74.1 Å². The monoisotopic (exact) mass is 1620 g/mol. The molecular weight excluding hydrogens is 1510 g/mol. The highest BCUT2D eigenvalue weighted by molar-refractivity contribution is 6.05. The Bertz CT molecular complexity index is 4060. The number of ether oxygens (including phenoxy) is 1. The number of nitrogens with one attached hydrogen (secondary N) is 14. The molecule has 1 aromatic heterocycles. The number of ketones is 1. The van der Waals surface area contributed by atoms with Crippen LogP contribution in [0, 0.1) is 11.8 Å². The van der Waals surface area contributed by atoms with Crippen LogP contribution in [-0.2, 0) is 102 Å². The van der Waals surface area contributed by atoms with Gasteiger partial charge in [-0.2, -0.15) is 0 Å². The van der Waals surface area contributed by atoms with Crippen molar-refractivity contribution < 1.29 is 121 Å². The number of carboxylic acid groups (broad SMARTS) is 4. The third kappa shape index (κ3) is 32.9. The predicted octanol–water partition coefficient (Wildman–Crippen LogP) is -4.35. The van der Waals surface area contributed by atoms with Crippen molar-refractivity contribution in [2.45, 2.75) is 217 Å². The number of cyclic esters (lactones) is 1. The van der Waals surface area contributed by atoms with Crippen LogP contribution in [0.5, 0.6) is 0 Å². The van der Waals surface area contributed by atoms with Crippen molar-refractivity contribution in [2.75, 3.05) is 25.4 Å². The van der Waals surface area contributed by atoms with E-state index in [-0.39, 0.29) is 43.5 Å². The van der Waals surface area contributed by atoms with Crippen molar-refractivity contribution in [3.63, 3.8) is 0 Å². The third-order valence-electron chi connectivity index (χ3n) is 18.0. The lowest BCUT2D eigenvalue weighted by molar-refractivity contribution is -0.156. The van der Waals surface area contributed by atoms with Crippen molar-refractivity contribution in [2.24, 2.45) is 23.3 Å². The van der Waals surface area contributed by atoms with Gasteiger partial charge < -0.3 is 116 Å². The third-order valence-corrected chi connectivity index (χ3v) is 18.0. The van der Waals surface area contributed by atoms with Crippen LogP contribution in [0.3, 0.4) is 0 Å². The summed E-state index contributed by atoms with van der Waals surface area (Å²) >= 11 is 0. The number of aromatic amines is 1. The van der Waals surface area contributed by atoms with Crippen molar-refractivity contribution >= 4 is 135 Å². The van der Waals surface area contributed by atoms with Crippen molar-refractivity contribution in [1.29, 1.82) is 0 Å². The molecule has 0 bridgehead atoms. The van der Waals surface area contributed by atoms with Gasteiger partial charge >= 0.3 is 29.8 Å². The number of benzene rings is 2. The van der Waals surface area contributed by atoms with Gasteiger partial charge in [0.2, 0.25) is 82.7 Å². The number of Topliss-reactive ketones (excluding diaryl/α,β-unsaturated/α-hetero) is 1. The van der Waals surface area contributed by atoms with Crippen molar-refractivity contribution in [3.05, 3.63) is 65.9 Å². The Balaban J connectivity index is 1.86. The van der Waals surface area contributed by atoms with E-state index in [9.17, 15) is 116 Å². The molecule has 0 radical (unpaired) electrons. The Morgan fingerprint density at radius 2 is 1.07 bits per heavy atom. The highest BCUT2D eigenvalue weighted by atomic mass is 16.5. The first kappa shape index (κ1) is 94.7. The number of carboxylic acids is 4. The molecule has 0 saturated carbocycles. The van der Waals surface area contributed by atoms with E-state index in [0.717, 1.165) is 53.4 Å². The van der Waals surface area contributed by atoms with Crippen LogP contribution in [0.15, 0.2) is 54.7 Å². The summed E-state index contributed by atoms with van der Waals surface area (Å²) in [5.74, 6) is -28.3. The Kier molecular flexibility index (Phi) is 38.7. The number of unbranched alkanes of at least 4 members (excludes halogenated alkanes) is 4. The normalized spacial score (nSPS) is 21.2. The molecule has 4 rings (SSSR count). The number of hydrogen-bond donors (Lipinski definition) is 21. The van der Waals surface area contributed by atoms with E-state index in [1.54, 1.807) is 30.5 Å². The number of carbonyl (C=O) groups excluding carboxylic acids is 16. The van der Waals surface area contributed by atoms with Crippen LogP contribution < -0.4 is 86.3 Å². The Morgan fingerprint density at radius 1 is 0.530 bits per heavy atom. The predicted molar refractivity (Wildman–Crippen MR) is 403 cm³/mol. The second-order valence-corrected chi connectivity index (χ2v) is 28.1. The van der Waals surface area contributed by atoms with E-state index >= 15 is 0 Å². The molecule has 0 spiro atoms. The number of fused-ring (bicyclic) bond motifs is 1. The summed E-state index contributed by atoms with van der Waals surface area (Å²) in [6, 6.07) is -9.74. The number of primary amides is 1. The maximum Gasteiger partial charge on any atom is 0.329 e. The fraction of sp³-hybridized carbons (Fsp3) is 0.534. The lowest BCUT2D eigenvalue weighted by Gasteiger charge is -2.30. The largest absolute Gasteiger partial charge is 0.481 e. The summed E-state index contributed by atoms with van der Waals surface area (Å²) in [6.45, 7) is 5.85. The molecule has 115 heavy (non-hydrogen) atoms. The van der Waals surface area contributed by atoms with Gasteiger partial charge in [-0.1, -0.05) is 83.2 Å². The second kappa shape index (κ2) is 47.0. The van der Waals surface area contributed by atoms with Gasteiger partial charge in [-0.3, -0.25) is 91.1 Å². The van der Waals surface area contributed by atoms with Crippen LogP contribution in [0.2, 0.25) is 0 Å². The zero-order valence-corrected chi connectivity index (χ0v) is 64.3. The molecule has 2 aromatic carbocycles. The van der Waals surface area contributed by atoms with Crippen LogP contribution in [0.25, 0.3) is 10.9 Å². The number of esters is 1. The SMILES string of the molecule is CC(C)CCCCCCCC(=O)N[C@@H](Cc1c[nH]c2ccccc12)C(=O)N[C@H](CC(N)=O)C(=O)N[C@@H](CC(=O)O)C(=O)N[C@@H]1C(=O)NCC(=O)N[C@@H](CCCN)C(=O)N[C@@H](CC(=O)O)C(=O)N[C@H](C)C(=O)N[C@@H](CC(=O)O)C(=O)NCC(=O)N[C@H](C)C(=O)N[C@@H]([C@H](C)CC(=O)O)C(=O)N[C@@H](CC(=O)c2ccccc2N)C(=O)O[C@H]1C. The van der Waals surface area contributed by atoms with Crippen LogP contribution >= 0.6 is 0 Å². The summed E-state index contributed by atoms with van der Waals surface area (Å²) in [7, 11) is 0. The number of nitrogens with two attached hydrogens (primary N) is 3. The first-order valence-corrected chi connectivity index (χ1v) is 37.0. The number of hydrogen-bond acceptors (Lipinski definition) is 23. The fourth-order valence-electron chi connectivity index (χ4n) is 11.8. The second-order valence-electron chi connectivity index (χ2n) is 28.1. The minimum Gasteiger partial charge on any atom is -0.481 e. The van der Waals surface area contributed by atoms with Crippen LogP contribution in [0.1, 0.15) is 154 Å². The molecule has 630 valence electrons. The lowest BCUT2D eigenvalue weighted by Crippen LogP contribution is -2.61. The average Bonchev–Trinajstić information content (AvgIpc) is 1.66. The highest BCUT2D eigenvalue weighted by Gasteiger charge is 2.41. The number of nitrogen functional groups attached to an aromatic ring is 1. The molecule has 1 aliphatic heterocycles. The zero-order valence-electron chi connectivity index (χ0n) is 64.3. The summed E-state index contributed by atoms with van der Waals surface area (Å²) in [6.07, 6.45) is -3.14. The molecule has 13 atom stereocenters. The average molecular weight is 1620 g/mol. The van der Waals surface area contributed by atoms with E-state index in [2.05, 4.69) is 87.9 Å². The van der Waals surface area contributed by atoms with Gasteiger partial charge in [0.15, 0.2) is 5.78 Å². The number of H-pyrrole nitrogens is 1. The van der Waals surface area contributed by atoms with Gasteiger partial charge in [0.25, 0.3) is 0 Å². The smallest absolute Gasteiger partial charge is 0.329 e. The quantitative estimate of drug-likeness (QED) is 0.0116. The summed E-state index contributed by atoms with van der Waals surface area (Å²) in [4.78, 5) is 276. The summed E-state index contributed by atoms with van der Waals surface area (Å²) in [5.41, 5.74) is 18.2. The molecule has 42 nitrogen and oxygen atoms in total. The van der Waals surface area contributed by atoms with Gasteiger partial charge in [-0.15, -0.1) is 0 Å². The standard InChI is InChI=1S/C73H103N17O25/c1-35(2)17-10-8-7-9-11-23-54(93)83-46(26-40-32-77-44-21-15-13-18-41(40)44)68(109)85-47(28-53(76)92)69(110)87-50(31-60(102)103)70(111)90-62-39(6)115-73(114)51(27-52(91)42-19-12-14-20-43(42)75)88-72(113)61(36(3)25-57(96)97)89-64(105)37(4)80-55(94)33-78-65(106)48(29-58(98)99)84-63(104)38(5)81-67(108)49(30-59(100)101)86-66(107)45(22-16-24-74)82-56(95)34-79-71(62)112/h12-15,18-21,32,35-39,45-51,61-62,77H,7-11,16-17,22-31,33-34,74-75H2,1-6H3,(H2,76,92)(H,78,106)(H,79,112)(H,80,94)(H,81,108)(H,82,95)(H,83,93)(H,84,104)(H,85,109)(H,86,107)(H,87,110)(H,88,113)(H,89,105)(H,90,111)(H,96,97)(H,98,99)(H,100,101)(H,102,103)/t36-,37-,38-,39+,45+,46+,47-,48+,49+,50+,51+,61+,62+/m1/s1. The number of rotatable bonds is 34. The molecule has 1 aliphatic rings. The van der Waals surface area contributed by atoms with E-state index in [0.29, 0.717) is 35.2 Å². The van der Waals surface area contributed by atoms with E-state index in [1.807, 2.05) is 0 Å². The maximum absolute atomic E-state index is 14.8. The molecular formula is C73H103N17O25. The fourth-order valence-corrected chi connectivity index (χ4v) is 11.8. The number of anilines is 1. The van der Waals surface area contributed by atoms with Crippen LogP contribution in [-0.4, -0.2) is 236 Å². The molecule has 3 aromatic rings. The Morgan fingerprint density at radius 3 is 1.69 bits per heavy atom. The number of amides is 14. The molecule has 1 saturated heterocycles. The first-order valence-electron chi connectivity index (χ1n) is 37.0. The van der Waals surface area contributed by atoms with Crippen molar-refractivity contribution in [3.8, 4) is 0 Å². The minimum absolute atomic E-state index is 0.0158. The van der Waals surface area contributed by atoms with E-state index in [4.69, 9.17) is 21.9 Å². The number of aromatic nitrogens is 1. The van der Waals surface area contributed by atoms with E-state index in [1.165, 1.54) is 24.3 Å². The van der Waals surface area contributed by atoms with E-state index < -0.39 is 248 Å². The van der Waals surface area contributed by atoms with Gasteiger partial charge in [-0.05, 0) is 82.2 Å². The zero-order chi connectivity index (χ0) is 85.9. The summed E-state index contributed by atoms with van der Waals surface area (Å²) in [5, 5.41) is 68.8. The topological polar surface area (TPSA) is 682 Å². The molecule has 0 unspecified atom stereocenters. The first-order chi connectivity index (χ1) is 54.2. The number of aliphatic carboxylic acids is 4. The highest BCUT2D eigenvalue weighted by Crippen LogP contribution is 2.22.